The summed E-state index contributed by atoms with van der Waals surface area (Å²) in [6.07, 6.45) is 0.679. The van der Waals surface area contributed by atoms with Crippen molar-refractivity contribution in [2.45, 2.75) is 31.9 Å². The number of amides is 1. The van der Waals surface area contributed by atoms with Crippen molar-refractivity contribution in [1.82, 2.24) is 5.32 Å². The average Bonchev–Trinajstić information content (AvgIpc) is 2.53. The van der Waals surface area contributed by atoms with Gasteiger partial charge >= 0.3 is 0 Å². The Balaban J connectivity index is 1.89. The van der Waals surface area contributed by atoms with Crippen molar-refractivity contribution in [1.29, 1.82) is 0 Å². The molecular formula is C19H20ClNO3. The molecule has 0 aliphatic carbocycles. The van der Waals surface area contributed by atoms with E-state index < -0.39 is 0 Å². The van der Waals surface area contributed by atoms with Crippen LogP contribution < -0.4 is 14.8 Å². The molecule has 0 fully saturated rings. The Hall–Kier alpha value is -2.20. The Morgan fingerprint density at radius 1 is 1.29 bits per heavy atom. The van der Waals surface area contributed by atoms with E-state index in [9.17, 15) is 4.79 Å². The van der Waals surface area contributed by atoms with E-state index in [2.05, 4.69) is 5.32 Å². The Bertz CT molecular complexity index is 773. The molecule has 0 radical (unpaired) electrons. The van der Waals surface area contributed by atoms with Crippen molar-refractivity contribution in [3.63, 3.8) is 0 Å². The van der Waals surface area contributed by atoms with Crippen LogP contribution in [0.4, 0.5) is 0 Å². The molecule has 1 atom stereocenters. The van der Waals surface area contributed by atoms with Gasteiger partial charge in [-0.3, -0.25) is 4.79 Å². The second-order valence-electron chi connectivity index (χ2n) is 6.51. The molecule has 0 saturated carbocycles. The van der Waals surface area contributed by atoms with E-state index >= 15 is 0 Å². The Morgan fingerprint density at radius 3 is 2.79 bits per heavy atom. The molecule has 5 heteroatoms. The first-order valence-corrected chi connectivity index (χ1v) is 8.19. The molecular weight excluding hydrogens is 326 g/mol. The van der Waals surface area contributed by atoms with Gasteiger partial charge in [-0.05, 0) is 44.2 Å². The molecule has 0 aromatic heterocycles. The lowest BCUT2D eigenvalue weighted by Gasteiger charge is -2.38. The molecule has 126 valence electrons. The van der Waals surface area contributed by atoms with Crippen molar-refractivity contribution in [3.8, 4) is 11.5 Å². The molecule has 1 N–H and O–H groups in total. The fraction of sp³-hybridized carbons (Fsp3) is 0.316. The second kappa shape index (κ2) is 6.36. The number of hydrogen-bond donors (Lipinski definition) is 1. The van der Waals surface area contributed by atoms with Crippen LogP contribution in [-0.2, 0) is 0 Å². The van der Waals surface area contributed by atoms with Crippen LogP contribution in [0.1, 0.15) is 42.2 Å². The molecule has 1 heterocycles. The first kappa shape index (κ1) is 16.7. The maximum atomic E-state index is 12.6. The van der Waals surface area contributed by atoms with Gasteiger partial charge < -0.3 is 14.8 Å². The lowest BCUT2D eigenvalue weighted by Crippen LogP contribution is -2.41. The van der Waals surface area contributed by atoms with Crippen molar-refractivity contribution in [2.75, 3.05) is 7.11 Å². The van der Waals surface area contributed by atoms with Crippen LogP contribution in [0.3, 0.4) is 0 Å². The summed E-state index contributed by atoms with van der Waals surface area (Å²) in [5, 5.41) is 3.64. The molecule has 1 aliphatic rings. The summed E-state index contributed by atoms with van der Waals surface area (Å²) in [5.74, 6) is 1.32. The first-order valence-electron chi connectivity index (χ1n) is 7.81. The Labute approximate surface area is 146 Å². The molecule has 0 bridgehead atoms. The zero-order chi connectivity index (χ0) is 17.3. The predicted octanol–water partition coefficient (Wildman–Crippen LogP) is 4.38. The van der Waals surface area contributed by atoms with Crippen LogP contribution >= 0.6 is 11.6 Å². The predicted molar refractivity (Wildman–Crippen MR) is 94.0 cm³/mol. The summed E-state index contributed by atoms with van der Waals surface area (Å²) in [6, 6.07) is 12.5. The number of carbonyl (C=O) groups is 1. The quantitative estimate of drug-likeness (QED) is 0.898. The second-order valence-corrected chi connectivity index (χ2v) is 6.94. The number of fused-ring (bicyclic) bond motifs is 1. The van der Waals surface area contributed by atoms with E-state index in [-0.39, 0.29) is 17.6 Å². The van der Waals surface area contributed by atoms with Crippen LogP contribution in [0.25, 0.3) is 0 Å². The van der Waals surface area contributed by atoms with Crippen molar-refractivity contribution >= 4 is 17.5 Å². The van der Waals surface area contributed by atoms with Crippen molar-refractivity contribution in [2.24, 2.45) is 0 Å². The van der Waals surface area contributed by atoms with Gasteiger partial charge in [-0.2, -0.15) is 0 Å². The molecule has 0 saturated heterocycles. The summed E-state index contributed by atoms with van der Waals surface area (Å²) < 4.78 is 11.3. The Kier molecular flexibility index (Phi) is 4.41. The van der Waals surface area contributed by atoms with Crippen LogP contribution in [0.15, 0.2) is 42.5 Å². The fourth-order valence-corrected chi connectivity index (χ4v) is 3.15. The molecule has 0 unspecified atom stereocenters. The van der Waals surface area contributed by atoms with E-state index in [0.29, 0.717) is 17.0 Å². The van der Waals surface area contributed by atoms with Gasteiger partial charge in [0, 0.05) is 28.6 Å². The van der Waals surface area contributed by atoms with Gasteiger partial charge in [-0.15, -0.1) is 0 Å². The number of methoxy groups -OCH3 is 1. The molecule has 3 rings (SSSR count). The minimum Gasteiger partial charge on any atom is -0.497 e. The molecule has 1 amide bonds. The van der Waals surface area contributed by atoms with Gasteiger partial charge in [0.15, 0.2) is 0 Å². The van der Waals surface area contributed by atoms with E-state index in [1.165, 1.54) is 0 Å². The molecule has 1 aliphatic heterocycles. The third-order valence-electron chi connectivity index (χ3n) is 4.07. The number of nitrogens with one attached hydrogen (secondary N) is 1. The summed E-state index contributed by atoms with van der Waals surface area (Å²) in [5.41, 5.74) is 1.11. The third-order valence-corrected chi connectivity index (χ3v) is 4.31. The topological polar surface area (TPSA) is 47.6 Å². The van der Waals surface area contributed by atoms with Gasteiger partial charge in [-0.1, -0.05) is 17.7 Å². The van der Waals surface area contributed by atoms with Gasteiger partial charge in [0.05, 0.1) is 13.2 Å². The minimum atomic E-state index is -0.383. The molecule has 2 aromatic rings. The average molecular weight is 346 g/mol. The zero-order valence-electron chi connectivity index (χ0n) is 13.9. The lowest BCUT2D eigenvalue weighted by atomic mass is 9.89. The van der Waals surface area contributed by atoms with Crippen LogP contribution in [0.5, 0.6) is 11.5 Å². The first-order chi connectivity index (χ1) is 11.4. The molecule has 2 aromatic carbocycles. The largest absolute Gasteiger partial charge is 0.497 e. The highest BCUT2D eigenvalue weighted by Gasteiger charge is 2.35. The highest BCUT2D eigenvalue weighted by Crippen LogP contribution is 2.41. The maximum Gasteiger partial charge on any atom is 0.251 e. The van der Waals surface area contributed by atoms with Crippen molar-refractivity contribution in [3.05, 3.63) is 58.6 Å². The number of hydrogen-bond acceptors (Lipinski definition) is 3. The molecule has 0 spiro atoms. The van der Waals surface area contributed by atoms with Crippen LogP contribution in [0, 0.1) is 0 Å². The van der Waals surface area contributed by atoms with Crippen LogP contribution in [0.2, 0.25) is 5.02 Å². The van der Waals surface area contributed by atoms with Crippen LogP contribution in [-0.4, -0.2) is 18.6 Å². The highest BCUT2D eigenvalue weighted by atomic mass is 35.5. The Morgan fingerprint density at radius 2 is 2.08 bits per heavy atom. The van der Waals surface area contributed by atoms with Gasteiger partial charge in [-0.25, -0.2) is 0 Å². The number of halogens is 1. The molecule has 4 nitrogen and oxygen atoms in total. The SMILES string of the molecule is COc1ccc2c(c1)OC(C)(C)C[C@@H]2NC(=O)c1cccc(Cl)c1. The fourth-order valence-electron chi connectivity index (χ4n) is 2.96. The monoisotopic (exact) mass is 345 g/mol. The lowest BCUT2D eigenvalue weighted by molar-refractivity contribution is 0.0617. The smallest absolute Gasteiger partial charge is 0.251 e. The van der Waals surface area contributed by atoms with E-state index in [1.807, 2.05) is 32.0 Å². The maximum absolute atomic E-state index is 12.6. The van der Waals surface area contributed by atoms with Gasteiger partial charge in [0.1, 0.15) is 17.1 Å². The minimum absolute atomic E-state index is 0.138. The number of benzene rings is 2. The highest BCUT2D eigenvalue weighted by molar-refractivity contribution is 6.30. The summed E-state index contributed by atoms with van der Waals surface area (Å²) >= 11 is 5.98. The number of rotatable bonds is 3. The van der Waals surface area contributed by atoms with Gasteiger partial charge in [0.25, 0.3) is 5.91 Å². The zero-order valence-corrected chi connectivity index (χ0v) is 14.7. The molecule has 24 heavy (non-hydrogen) atoms. The normalized spacial score (nSPS) is 18.2. The van der Waals surface area contributed by atoms with E-state index in [1.54, 1.807) is 31.4 Å². The van der Waals surface area contributed by atoms with Crippen molar-refractivity contribution < 1.29 is 14.3 Å². The summed E-state index contributed by atoms with van der Waals surface area (Å²) in [7, 11) is 1.62. The van der Waals surface area contributed by atoms with Gasteiger partial charge in [0.2, 0.25) is 0 Å². The van der Waals surface area contributed by atoms with E-state index in [0.717, 1.165) is 17.1 Å². The number of ether oxygens (including phenoxy) is 2. The van der Waals surface area contributed by atoms with E-state index in [4.69, 9.17) is 21.1 Å². The summed E-state index contributed by atoms with van der Waals surface area (Å²) in [4.78, 5) is 12.6. The summed E-state index contributed by atoms with van der Waals surface area (Å²) in [6.45, 7) is 4.02. The standard InChI is InChI=1S/C19H20ClNO3/c1-19(2)11-16(15-8-7-14(23-3)10-17(15)24-19)21-18(22)12-5-4-6-13(20)9-12/h4-10,16H,11H2,1-3H3,(H,21,22)/t16-/m0/s1. The third kappa shape index (κ3) is 3.49. The number of carbonyl (C=O) groups excluding carboxylic acids is 1.